The quantitative estimate of drug-likeness (QED) is 0.759. The van der Waals surface area contributed by atoms with Gasteiger partial charge >= 0.3 is 0 Å². The summed E-state index contributed by atoms with van der Waals surface area (Å²) in [6.45, 7) is 0.614. The lowest BCUT2D eigenvalue weighted by atomic mass is 9.89. The fourth-order valence-electron chi connectivity index (χ4n) is 1.52. The fourth-order valence-corrected chi connectivity index (χ4v) is 1.52. The van der Waals surface area contributed by atoms with Crippen molar-refractivity contribution in [2.45, 2.75) is 5.92 Å². The summed E-state index contributed by atoms with van der Waals surface area (Å²) in [6, 6.07) is 5.60. The Labute approximate surface area is 80.6 Å². The third-order valence-electron chi connectivity index (χ3n) is 2.56. The van der Waals surface area contributed by atoms with Crippen LogP contribution >= 0.6 is 0 Å². The third kappa shape index (κ3) is 1.35. The van der Waals surface area contributed by atoms with E-state index in [9.17, 15) is 13.9 Å². The maximum atomic E-state index is 13.7. The number of nitrogens with one attached hydrogen (secondary N) is 1. The van der Waals surface area contributed by atoms with Gasteiger partial charge in [-0.1, -0.05) is 12.1 Å². The monoisotopic (exact) mass is 199 g/mol. The number of phenols is 1. The topological polar surface area (TPSA) is 32.3 Å². The Morgan fingerprint density at radius 3 is 2.43 bits per heavy atom. The molecule has 2 N–H and O–H groups in total. The summed E-state index contributed by atoms with van der Waals surface area (Å²) in [7, 11) is 0. The molecule has 1 saturated heterocycles. The van der Waals surface area contributed by atoms with E-state index in [0.717, 1.165) is 0 Å². The summed E-state index contributed by atoms with van der Waals surface area (Å²) in [5.41, 5.74) is -0.272. The Morgan fingerprint density at radius 2 is 1.93 bits per heavy atom. The van der Waals surface area contributed by atoms with Crippen LogP contribution in [-0.2, 0) is 5.92 Å². The van der Waals surface area contributed by atoms with Crippen molar-refractivity contribution in [3.8, 4) is 5.75 Å². The lowest BCUT2D eigenvalue weighted by Gasteiger charge is -2.34. The second-order valence-corrected chi connectivity index (χ2v) is 3.50. The molecule has 0 saturated carbocycles. The zero-order valence-corrected chi connectivity index (χ0v) is 7.50. The van der Waals surface area contributed by atoms with Crippen molar-refractivity contribution in [2.24, 2.45) is 5.92 Å². The third-order valence-corrected chi connectivity index (χ3v) is 2.56. The average molecular weight is 199 g/mol. The molecular weight excluding hydrogens is 188 g/mol. The fraction of sp³-hybridized carbons (Fsp3) is 0.400. The Bertz CT molecular complexity index is 337. The average Bonchev–Trinajstić information content (AvgIpc) is 2.00. The number of aromatic hydroxyl groups is 1. The van der Waals surface area contributed by atoms with E-state index in [1.165, 1.54) is 24.3 Å². The predicted octanol–water partition coefficient (Wildman–Crippen LogP) is 1.70. The van der Waals surface area contributed by atoms with Gasteiger partial charge in [0.25, 0.3) is 5.92 Å². The van der Waals surface area contributed by atoms with Crippen LogP contribution in [-0.4, -0.2) is 18.2 Å². The van der Waals surface area contributed by atoms with Crippen LogP contribution < -0.4 is 5.32 Å². The van der Waals surface area contributed by atoms with E-state index in [-0.39, 0.29) is 11.3 Å². The molecule has 1 aliphatic rings. The minimum atomic E-state index is -2.93. The van der Waals surface area contributed by atoms with Crippen LogP contribution in [0.4, 0.5) is 8.78 Å². The van der Waals surface area contributed by atoms with Gasteiger partial charge in [-0.2, -0.15) is 0 Å². The maximum absolute atomic E-state index is 13.7. The Balaban J connectivity index is 2.32. The highest BCUT2D eigenvalue weighted by Crippen LogP contribution is 2.41. The van der Waals surface area contributed by atoms with Crippen molar-refractivity contribution in [3.63, 3.8) is 0 Å². The molecule has 0 atom stereocenters. The molecule has 1 aromatic carbocycles. The standard InChI is InChI=1S/C10H11F2NO/c11-10(12,7-5-13-6-7)8-3-1-2-4-9(8)14/h1-4,7,13-14H,5-6H2. The SMILES string of the molecule is Oc1ccccc1C(F)(F)C1CNC1. The van der Waals surface area contributed by atoms with Crippen LogP contribution in [0.3, 0.4) is 0 Å². The molecule has 2 rings (SSSR count). The van der Waals surface area contributed by atoms with E-state index in [4.69, 9.17) is 0 Å². The lowest BCUT2D eigenvalue weighted by molar-refractivity contribution is -0.0848. The van der Waals surface area contributed by atoms with E-state index in [0.29, 0.717) is 13.1 Å². The first kappa shape index (κ1) is 9.40. The van der Waals surface area contributed by atoms with Gasteiger partial charge in [0.15, 0.2) is 0 Å². The minimum Gasteiger partial charge on any atom is -0.507 e. The van der Waals surface area contributed by atoms with Crippen LogP contribution in [0.25, 0.3) is 0 Å². The van der Waals surface area contributed by atoms with Crippen molar-refractivity contribution in [1.29, 1.82) is 0 Å². The summed E-state index contributed by atoms with van der Waals surface area (Å²) in [4.78, 5) is 0. The normalized spacial score (nSPS) is 17.9. The molecule has 4 heteroatoms. The van der Waals surface area contributed by atoms with Crippen molar-refractivity contribution < 1.29 is 13.9 Å². The number of para-hydroxylation sites is 1. The van der Waals surface area contributed by atoms with Gasteiger partial charge in [0.1, 0.15) is 5.75 Å². The van der Waals surface area contributed by atoms with Crippen molar-refractivity contribution in [1.82, 2.24) is 5.32 Å². The molecule has 1 heterocycles. The Hall–Kier alpha value is -1.16. The van der Waals surface area contributed by atoms with E-state index in [1.807, 2.05) is 0 Å². The minimum absolute atomic E-state index is 0.272. The highest BCUT2D eigenvalue weighted by atomic mass is 19.3. The molecule has 0 aliphatic carbocycles. The zero-order chi connectivity index (χ0) is 10.2. The van der Waals surface area contributed by atoms with E-state index in [1.54, 1.807) is 0 Å². The molecule has 2 nitrogen and oxygen atoms in total. The first-order valence-corrected chi connectivity index (χ1v) is 4.49. The maximum Gasteiger partial charge on any atom is 0.281 e. The molecule has 1 aromatic rings. The van der Waals surface area contributed by atoms with Crippen LogP contribution in [0.1, 0.15) is 5.56 Å². The van der Waals surface area contributed by atoms with Crippen LogP contribution in [0.5, 0.6) is 5.75 Å². The van der Waals surface area contributed by atoms with Crippen molar-refractivity contribution in [3.05, 3.63) is 29.8 Å². The molecule has 1 aliphatic heterocycles. The molecule has 0 bridgehead atoms. The van der Waals surface area contributed by atoms with Gasteiger partial charge in [0, 0.05) is 13.1 Å². The smallest absolute Gasteiger partial charge is 0.281 e. The van der Waals surface area contributed by atoms with Gasteiger partial charge in [0.2, 0.25) is 0 Å². The second-order valence-electron chi connectivity index (χ2n) is 3.50. The van der Waals surface area contributed by atoms with Crippen LogP contribution in [0.15, 0.2) is 24.3 Å². The first-order chi connectivity index (χ1) is 6.62. The van der Waals surface area contributed by atoms with Gasteiger partial charge in [-0.15, -0.1) is 0 Å². The number of hydrogen-bond donors (Lipinski definition) is 2. The Kier molecular flexibility index (Phi) is 2.15. The highest BCUT2D eigenvalue weighted by molar-refractivity contribution is 5.36. The van der Waals surface area contributed by atoms with Gasteiger partial charge < -0.3 is 10.4 Å². The summed E-state index contributed by atoms with van der Waals surface area (Å²) in [6.07, 6.45) is 0. The van der Waals surface area contributed by atoms with Crippen molar-refractivity contribution >= 4 is 0 Å². The molecule has 0 unspecified atom stereocenters. The summed E-state index contributed by atoms with van der Waals surface area (Å²) < 4.78 is 27.3. The zero-order valence-electron chi connectivity index (χ0n) is 7.50. The molecule has 1 fully saturated rings. The highest BCUT2D eigenvalue weighted by Gasteiger charge is 2.45. The van der Waals surface area contributed by atoms with Gasteiger partial charge in [0.05, 0.1) is 11.5 Å². The van der Waals surface area contributed by atoms with Crippen LogP contribution in [0, 0.1) is 5.92 Å². The molecule has 0 radical (unpaired) electrons. The molecular formula is C10H11F2NO. The van der Waals surface area contributed by atoms with E-state index < -0.39 is 11.8 Å². The molecule has 0 amide bonds. The second kappa shape index (κ2) is 3.20. The number of rotatable bonds is 2. The molecule has 76 valence electrons. The van der Waals surface area contributed by atoms with Gasteiger partial charge in [-0.3, -0.25) is 0 Å². The molecule has 0 spiro atoms. The number of hydrogen-bond acceptors (Lipinski definition) is 2. The summed E-state index contributed by atoms with van der Waals surface area (Å²) in [5.74, 6) is -3.96. The number of alkyl halides is 2. The number of halogens is 2. The number of phenolic OH excluding ortho intramolecular Hbond substituents is 1. The van der Waals surface area contributed by atoms with E-state index in [2.05, 4.69) is 5.32 Å². The number of benzene rings is 1. The Morgan fingerprint density at radius 1 is 1.29 bits per heavy atom. The van der Waals surface area contributed by atoms with Gasteiger partial charge in [-0.05, 0) is 12.1 Å². The van der Waals surface area contributed by atoms with Gasteiger partial charge in [-0.25, -0.2) is 8.78 Å². The van der Waals surface area contributed by atoms with Crippen molar-refractivity contribution in [2.75, 3.05) is 13.1 Å². The van der Waals surface area contributed by atoms with E-state index >= 15 is 0 Å². The lowest BCUT2D eigenvalue weighted by Crippen LogP contribution is -2.50. The molecule has 14 heavy (non-hydrogen) atoms. The first-order valence-electron chi connectivity index (χ1n) is 4.49. The predicted molar refractivity (Wildman–Crippen MR) is 48.4 cm³/mol. The summed E-state index contributed by atoms with van der Waals surface area (Å²) in [5, 5.41) is 12.1. The summed E-state index contributed by atoms with van der Waals surface area (Å²) >= 11 is 0. The van der Waals surface area contributed by atoms with Crippen LogP contribution in [0.2, 0.25) is 0 Å². The molecule has 0 aromatic heterocycles. The largest absolute Gasteiger partial charge is 0.507 e.